The summed E-state index contributed by atoms with van der Waals surface area (Å²) in [5, 5.41) is -0.484. The van der Waals surface area contributed by atoms with Gasteiger partial charge >= 0.3 is 0 Å². The number of rotatable bonds is 4. The first kappa shape index (κ1) is 10.2. The highest BCUT2D eigenvalue weighted by Gasteiger charge is 2.35. The summed E-state index contributed by atoms with van der Waals surface area (Å²) < 4.78 is 0. The van der Waals surface area contributed by atoms with E-state index in [1.807, 2.05) is 41.3 Å². The van der Waals surface area contributed by atoms with Gasteiger partial charge in [-0.15, -0.1) is 13.2 Å². The number of nitrogens with zero attached hydrogens (tertiary/aromatic N) is 2. The van der Waals surface area contributed by atoms with Crippen LogP contribution in [0.4, 0.5) is 0 Å². The Morgan fingerprint density at radius 1 is 1.23 bits per heavy atom. The fourth-order valence-corrected chi connectivity index (χ4v) is 1.58. The van der Waals surface area contributed by atoms with Gasteiger partial charge in [-0.05, 0) is 6.92 Å². The van der Waals surface area contributed by atoms with E-state index in [0.29, 0.717) is 0 Å². The first-order valence-corrected chi connectivity index (χ1v) is 4.63. The zero-order valence-electron chi connectivity index (χ0n) is 7.91. The highest BCUT2D eigenvalue weighted by molar-refractivity contribution is 6.23. The van der Waals surface area contributed by atoms with E-state index in [2.05, 4.69) is 13.2 Å². The van der Waals surface area contributed by atoms with Crippen LogP contribution in [0, 0.1) is 0 Å². The molecule has 0 aromatic rings. The molecule has 3 heteroatoms. The van der Waals surface area contributed by atoms with Crippen molar-refractivity contribution in [2.75, 3.05) is 13.1 Å². The predicted molar refractivity (Wildman–Crippen MR) is 57.2 cm³/mol. The van der Waals surface area contributed by atoms with Gasteiger partial charge < -0.3 is 9.80 Å². The summed E-state index contributed by atoms with van der Waals surface area (Å²) in [7, 11) is 0. The molecule has 13 heavy (non-hydrogen) atoms. The third kappa shape index (κ3) is 1.89. The van der Waals surface area contributed by atoms with E-state index in [0.717, 1.165) is 13.1 Å². The Balaban J connectivity index is 2.69. The lowest BCUT2D eigenvalue weighted by Crippen LogP contribution is -2.45. The Kier molecular flexibility index (Phi) is 3.04. The summed E-state index contributed by atoms with van der Waals surface area (Å²) in [4.78, 5) is 4.04. The van der Waals surface area contributed by atoms with Gasteiger partial charge in [-0.1, -0.05) is 23.8 Å². The third-order valence-corrected chi connectivity index (χ3v) is 2.56. The van der Waals surface area contributed by atoms with Crippen LogP contribution in [0.3, 0.4) is 0 Å². The van der Waals surface area contributed by atoms with Crippen molar-refractivity contribution in [3.05, 3.63) is 37.7 Å². The van der Waals surface area contributed by atoms with Crippen molar-refractivity contribution in [2.45, 2.75) is 12.0 Å². The highest BCUT2D eigenvalue weighted by atomic mass is 35.5. The molecule has 1 heterocycles. The molecule has 2 nitrogen and oxygen atoms in total. The van der Waals surface area contributed by atoms with Crippen molar-refractivity contribution in [1.29, 1.82) is 0 Å². The van der Waals surface area contributed by atoms with Crippen LogP contribution >= 0.6 is 11.6 Å². The van der Waals surface area contributed by atoms with Crippen molar-refractivity contribution >= 4 is 11.6 Å². The Bertz CT molecular complexity index is 211. The molecule has 0 saturated heterocycles. The molecule has 0 radical (unpaired) electrons. The van der Waals surface area contributed by atoms with Crippen molar-refractivity contribution in [2.24, 2.45) is 0 Å². The molecule has 0 N–H and O–H groups in total. The second kappa shape index (κ2) is 3.88. The van der Waals surface area contributed by atoms with Crippen molar-refractivity contribution in [1.82, 2.24) is 9.80 Å². The van der Waals surface area contributed by atoms with Crippen molar-refractivity contribution in [3.8, 4) is 0 Å². The van der Waals surface area contributed by atoms with Crippen LogP contribution < -0.4 is 0 Å². The van der Waals surface area contributed by atoms with Crippen LogP contribution in [-0.2, 0) is 0 Å². The van der Waals surface area contributed by atoms with Crippen LogP contribution in [0.25, 0.3) is 0 Å². The quantitative estimate of drug-likeness (QED) is 0.389. The minimum absolute atomic E-state index is 0.484. The van der Waals surface area contributed by atoms with Crippen LogP contribution in [0.15, 0.2) is 37.7 Å². The van der Waals surface area contributed by atoms with Crippen molar-refractivity contribution < 1.29 is 0 Å². The Labute approximate surface area is 84.8 Å². The molecule has 0 unspecified atom stereocenters. The standard InChI is InChI=1S/C10H15ClN2/c1-4-6-12-8-9-13(7-5-2)10(12,3)11/h4-5,8-9H,1-2,6-7H2,3H3. The first-order chi connectivity index (χ1) is 6.12. The molecule has 0 saturated carbocycles. The average molecular weight is 199 g/mol. The molecule has 0 fully saturated rings. The molecule has 72 valence electrons. The van der Waals surface area contributed by atoms with E-state index in [1.165, 1.54) is 0 Å². The van der Waals surface area contributed by atoms with Crippen molar-refractivity contribution in [3.63, 3.8) is 0 Å². The molecule has 0 aromatic heterocycles. The summed E-state index contributed by atoms with van der Waals surface area (Å²) in [5.41, 5.74) is 0. The van der Waals surface area contributed by atoms with E-state index in [-0.39, 0.29) is 0 Å². The smallest absolute Gasteiger partial charge is 0.188 e. The fraction of sp³-hybridized carbons (Fsp3) is 0.400. The molecular weight excluding hydrogens is 184 g/mol. The minimum Gasteiger partial charge on any atom is -0.338 e. The van der Waals surface area contributed by atoms with Gasteiger partial charge in [0.25, 0.3) is 0 Å². The van der Waals surface area contributed by atoms with E-state index in [9.17, 15) is 0 Å². The van der Waals surface area contributed by atoms with Gasteiger partial charge in [0.1, 0.15) is 0 Å². The number of halogens is 1. The molecular formula is C10H15ClN2. The van der Waals surface area contributed by atoms with Crippen LogP contribution in [0.5, 0.6) is 0 Å². The zero-order valence-corrected chi connectivity index (χ0v) is 8.67. The predicted octanol–water partition coefficient (Wildman–Crippen LogP) is 2.36. The van der Waals surface area contributed by atoms with Gasteiger partial charge in [0.05, 0.1) is 0 Å². The largest absolute Gasteiger partial charge is 0.338 e. The minimum atomic E-state index is -0.484. The van der Waals surface area contributed by atoms with E-state index in [4.69, 9.17) is 11.6 Å². The van der Waals surface area contributed by atoms with Gasteiger partial charge in [0, 0.05) is 25.5 Å². The first-order valence-electron chi connectivity index (χ1n) is 4.25. The van der Waals surface area contributed by atoms with E-state index in [1.54, 1.807) is 0 Å². The van der Waals surface area contributed by atoms with E-state index < -0.39 is 5.12 Å². The maximum atomic E-state index is 6.35. The Morgan fingerprint density at radius 2 is 1.62 bits per heavy atom. The third-order valence-electron chi connectivity index (χ3n) is 2.13. The maximum absolute atomic E-state index is 6.35. The summed E-state index contributed by atoms with van der Waals surface area (Å²) in [6, 6.07) is 0. The number of hydrogen-bond donors (Lipinski definition) is 0. The maximum Gasteiger partial charge on any atom is 0.188 e. The monoisotopic (exact) mass is 198 g/mol. The lowest BCUT2D eigenvalue weighted by atomic mass is 10.4. The van der Waals surface area contributed by atoms with Crippen LogP contribution in [0.1, 0.15) is 6.92 Å². The number of alkyl halides is 1. The molecule has 1 rings (SSSR count). The van der Waals surface area contributed by atoms with Gasteiger partial charge in [-0.3, -0.25) is 0 Å². The highest BCUT2D eigenvalue weighted by Crippen LogP contribution is 2.30. The molecule has 0 bridgehead atoms. The molecule has 1 aliphatic heterocycles. The summed E-state index contributed by atoms with van der Waals surface area (Å²) in [5.74, 6) is 0. The van der Waals surface area contributed by atoms with E-state index >= 15 is 0 Å². The SMILES string of the molecule is C=CCN1C=CN(CC=C)C1(C)Cl. The molecule has 1 aliphatic rings. The molecule has 0 spiro atoms. The van der Waals surface area contributed by atoms with Crippen LogP contribution in [0.2, 0.25) is 0 Å². The second-order valence-corrected chi connectivity index (χ2v) is 3.80. The zero-order chi connectivity index (χ0) is 9.90. The molecule has 0 atom stereocenters. The van der Waals surface area contributed by atoms with Gasteiger partial charge in [0.15, 0.2) is 5.12 Å². The lowest BCUT2D eigenvalue weighted by molar-refractivity contribution is 0.150. The molecule has 0 aliphatic carbocycles. The average Bonchev–Trinajstić information content (AvgIpc) is 2.33. The van der Waals surface area contributed by atoms with Crippen LogP contribution in [-0.4, -0.2) is 28.0 Å². The number of hydrogen-bond acceptors (Lipinski definition) is 2. The Hall–Kier alpha value is -0.890. The lowest BCUT2D eigenvalue weighted by Gasteiger charge is -2.36. The molecule has 0 aromatic carbocycles. The summed E-state index contributed by atoms with van der Waals surface area (Å²) in [6.45, 7) is 10.8. The van der Waals surface area contributed by atoms with Gasteiger partial charge in [-0.2, -0.15) is 0 Å². The normalized spacial score (nSPS) is 19.2. The van der Waals surface area contributed by atoms with Gasteiger partial charge in [0.2, 0.25) is 0 Å². The summed E-state index contributed by atoms with van der Waals surface area (Å²) in [6.07, 6.45) is 7.61. The van der Waals surface area contributed by atoms with Gasteiger partial charge in [-0.25, -0.2) is 0 Å². The fourth-order valence-electron chi connectivity index (χ4n) is 1.33. The Morgan fingerprint density at radius 3 is 1.92 bits per heavy atom. The summed E-state index contributed by atoms with van der Waals surface area (Å²) >= 11 is 6.35. The molecule has 0 amide bonds. The topological polar surface area (TPSA) is 6.48 Å². The second-order valence-electron chi connectivity index (χ2n) is 3.09.